The van der Waals surface area contributed by atoms with Gasteiger partial charge in [-0.2, -0.15) is 13.9 Å². The highest BCUT2D eigenvalue weighted by molar-refractivity contribution is 5.93. The van der Waals surface area contributed by atoms with Crippen LogP contribution in [0.2, 0.25) is 0 Å². The van der Waals surface area contributed by atoms with Gasteiger partial charge in [-0.05, 0) is 43.2 Å². The van der Waals surface area contributed by atoms with Crippen molar-refractivity contribution in [1.29, 1.82) is 0 Å². The molecule has 23 heavy (non-hydrogen) atoms. The number of hydrogen-bond acceptors (Lipinski definition) is 3. The molecule has 0 spiro atoms. The maximum atomic E-state index is 12.1. The maximum Gasteiger partial charge on any atom is 0.387 e. The Morgan fingerprint density at radius 3 is 2.61 bits per heavy atom. The van der Waals surface area contributed by atoms with E-state index in [0.29, 0.717) is 17.0 Å². The fraction of sp³-hybridized carbons (Fsp3) is 0.375. The van der Waals surface area contributed by atoms with E-state index in [1.807, 2.05) is 0 Å². The van der Waals surface area contributed by atoms with Gasteiger partial charge in [-0.15, -0.1) is 0 Å². The van der Waals surface area contributed by atoms with E-state index >= 15 is 0 Å². The molecule has 0 bridgehead atoms. The molecule has 1 saturated carbocycles. The first-order chi connectivity index (χ1) is 11.1. The number of alkyl halides is 2. The summed E-state index contributed by atoms with van der Waals surface area (Å²) in [6.45, 7) is -2.85. The summed E-state index contributed by atoms with van der Waals surface area (Å²) in [7, 11) is 0. The fourth-order valence-corrected chi connectivity index (χ4v) is 2.73. The van der Waals surface area contributed by atoms with Crippen LogP contribution >= 0.6 is 0 Å². The van der Waals surface area contributed by atoms with E-state index in [1.54, 1.807) is 18.2 Å². The Morgan fingerprint density at radius 1 is 1.26 bits per heavy atom. The Labute approximate surface area is 132 Å². The minimum absolute atomic E-state index is 0.0819. The van der Waals surface area contributed by atoms with Crippen molar-refractivity contribution in [3.8, 4) is 17.0 Å². The van der Waals surface area contributed by atoms with E-state index in [9.17, 15) is 13.6 Å². The molecule has 0 radical (unpaired) electrons. The van der Waals surface area contributed by atoms with Crippen molar-refractivity contribution in [3.63, 3.8) is 0 Å². The second-order valence-corrected chi connectivity index (χ2v) is 5.52. The van der Waals surface area contributed by atoms with E-state index in [1.165, 1.54) is 12.1 Å². The zero-order valence-corrected chi connectivity index (χ0v) is 12.4. The third kappa shape index (κ3) is 3.85. The first-order valence-electron chi connectivity index (χ1n) is 7.53. The Hall–Kier alpha value is -2.44. The first-order valence-corrected chi connectivity index (χ1v) is 7.53. The van der Waals surface area contributed by atoms with Crippen LogP contribution in [-0.2, 0) is 0 Å². The van der Waals surface area contributed by atoms with Gasteiger partial charge in [-0.1, -0.05) is 12.8 Å². The largest absolute Gasteiger partial charge is 0.435 e. The number of aromatic amines is 1. The van der Waals surface area contributed by atoms with Crippen molar-refractivity contribution >= 4 is 5.91 Å². The van der Waals surface area contributed by atoms with Crippen LogP contribution in [0.15, 0.2) is 30.3 Å². The summed E-state index contributed by atoms with van der Waals surface area (Å²) in [6.07, 6.45) is 4.31. The molecule has 0 aliphatic heterocycles. The average Bonchev–Trinajstić information content (AvgIpc) is 3.18. The van der Waals surface area contributed by atoms with E-state index in [4.69, 9.17) is 0 Å². The molecule has 1 aromatic carbocycles. The first kappa shape index (κ1) is 15.5. The number of nitrogens with zero attached hydrogens (tertiary/aromatic N) is 1. The highest BCUT2D eigenvalue weighted by atomic mass is 19.3. The van der Waals surface area contributed by atoms with Crippen LogP contribution in [-0.4, -0.2) is 28.8 Å². The van der Waals surface area contributed by atoms with Gasteiger partial charge in [0.15, 0.2) is 0 Å². The number of benzene rings is 1. The summed E-state index contributed by atoms with van der Waals surface area (Å²) in [5.74, 6) is -0.0909. The number of nitrogens with one attached hydrogen (secondary N) is 2. The number of hydrogen-bond donors (Lipinski definition) is 2. The molecule has 2 N–H and O–H groups in total. The molecule has 1 heterocycles. The van der Waals surface area contributed by atoms with Gasteiger partial charge in [0.05, 0.1) is 5.69 Å². The Kier molecular flexibility index (Phi) is 4.55. The van der Waals surface area contributed by atoms with Gasteiger partial charge in [0, 0.05) is 11.6 Å². The molecule has 1 amide bonds. The molecule has 122 valence electrons. The third-order valence-electron chi connectivity index (χ3n) is 3.89. The van der Waals surface area contributed by atoms with Crippen molar-refractivity contribution in [2.75, 3.05) is 0 Å². The molecule has 1 aromatic heterocycles. The third-order valence-corrected chi connectivity index (χ3v) is 3.89. The van der Waals surface area contributed by atoms with E-state index in [0.717, 1.165) is 25.7 Å². The number of ether oxygens (including phenoxy) is 1. The molecule has 1 aliphatic rings. The highest BCUT2D eigenvalue weighted by Gasteiger charge is 2.19. The van der Waals surface area contributed by atoms with Crippen LogP contribution in [0.5, 0.6) is 5.75 Å². The van der Waals surface area contributed by atoms with Gasteiger partial charge in [-0.25, -0.2) is 0 Å². The van der Waals surface area contributed by atoms with Gasteiger partial charge >= 0.3 is 6.61 Å². The fourth-order valence-electron chi connectivity index (χ4n) is 2.73. The number of carbonyl (C=O) groups is 1. The zero-order valence-electron chi connectivity index (χ0n) is 12.4. The predicted molar refractivity (Wildman–Crippen MR) is 80.4 cm³/mol. The Balaban J connectivity index is 1.67. The monoisotopic (exact) mass is 321 g/mol. The number of halogens is 2. The SMILES string of the molecule is O=C(NC1CCCC1)c1cc(-c2ccc(OC(F)F)cc2)n[nH]1. The number of carbonyl (C=O) groups excluding carboxylic acids is 1. The molecule has 1 fully saturated rings. The molecule has 0 atom stereocenters. The lowest BCUT2D eigenvalue weighted by Gasteiger charge is -2.10. The van der Waals surface area contributed by atoms with Gasteiger partial charge in [0.1, 0.15) is 11.4 Å². The van der Waals surface area contributed by atoms with E-state index in [-0.39, 0.29) is 17.7 Å². The summed E-state index contributed by atoms with van der Waals surface area (Å²) < 4.78 is 28.5. The quantitative estimate of drug-likeness (QED) is 0.887. The normalized spacial score (nSPS) is 15.1. The van der Waals surface area contributed by atoms with Gasteiger partial charge in [0.2, 0.25) is 0 Å². The maximum absolute atomic E-state index is 12.1. The second-order valence-electron chi connectivity index (χ2n) is 5.52. The molecule has 2 aromatic rings. The van der Waals surface area contributed by atoms with Crippen molar-refractivity contribution in [2.45, 2.75) is 38.3 Å². The molecule has 0 unspecified atom stereocenters. The number of amides is 1. The van der Waals surface area contributed by atoms with Crippen LogP contribution in [0, 0.1) is 0 Å². The zero-order chi connectivity index (χ0) is 16.2. The number of H-pyrrole nitrogens is 1. The second kappa shape index (κ2) is 6.76. The number of aromatic nitrogens is 2. The van der Waals surface area contributed by atoms with E-state index < -0.39 is 6.61 Å². The lowest BCUT2D eigenvalue weighted by molar-refractivity contribution is -0.0498. The molecule has 3 rings (SSSR count). The van der Waals surface area contributed by atoms with E-state index in [2.05, 4.69) is 20.3 Å². The van der Waals surface area contributed by atoms with Crippen LogP contribution in [0.4, 0.5) is 8.78 Å². The Morgan fingerprint density at radius 2 is 1.96 bits per heavy atom. The lowest BCUT2D eigenvalue weighted by atomic mass is 10.1. The minimum Gasteiger partial charge on any atom is -0.435 e. The predicted octanol–water partition coefficient (Wildman–Crippen LogP) is 3.35. The summed E-state index contributed by atoms with van der Waals surface area (Å²) in [6, 6.07) is 8.00. The molecule has 0 saturated heterocycles. The van der Waals surface area contributed by atoms with Gasteiger partial charge < -0.3 is 10.1 Å². The molecule has 5 nitrogen and oxygen atoms in total. The summed E-state index contributed by atoms with van der Waals surface area (Å²) in [5.41, 5.74) is 1.67. The van der Waals surface area contributed by atoms with Crippen molar-refractivity contribution in [3.05, 3.63) is 36.0 Å². The summed E-state index contributed by atoms with van der Waals surface area (Å²) >= 11 is 0. The van der Waals surface area contributed by atoms with Crippen LogP contribution < -0.4 is 10.1 Å². The average molecular weight is 321 g/mol. The highest BCUT2D eigenvalue weighted by Crippen LogP contribution is 2.23. The summed E-state index contributed by atoms with van der Waals surface area (Å²) in [5, 5.41) is 9.79. The molecular weight excluding hydrogens is 304 g/mol. The van der Waals surface area contributed by atoms with Crippen LogP contribution in [0.1, 0.15) is 36.2 Å². The molecule has 1 aliphatic carbocycles. The minimum atomic E-state index is -2.85. The van der Waals surface area contributed by atoms with Crippen LogP contribution in [0.3, 0.4) is 0 Å². The van der Waals surface area contributed by atoms with Crippen molar-refractivity contribution in [2.24, 2.45) is 0 Å². The Bertz CT molecular complexity index is 664. The van der Waals surface area contributed by atoms with Gasteiger partial charge in [0.25, 0.3) is 5.91 Å². The molecule has 7 heteroatoms. The smallest absolute Gasteiger partial charge is 0.387 e. The molecular formula is C16H17F2N3O2. The van der Waals surface area contributed by atoms with Crippen molar-refractivity contribution in [1.82, 2.24) is 15.5 Å². The van der Waals surface area contributed by atoms with Crippen LogP contribution in [0.25, 0.3) is 11.3 Å². The van der Waals surface area contributed by atoms with Crippen molar-refractivity contribution < 1.29 is 18.3 Å². The van der Waals surface area contributed by atoms with Gasteiger partial charge in [-0.3, -0.25) is 9.89 Å². The lowest BCUT2D eigenvalue weighted by Crippen LogP contribution is -2.32. The number of rotatable bonds is 5. The topological polar surface area (TPSA) is 67.0 Å². The summed E-state index contributed by atoms with van der Waals surface area (Å²) in [4.78, 5) is 12.1. The standard InChI is InChI=1S/C16H17F2N3O2/c17-16(18)23-12-7-5-10(6-8-12)13-9-14(21-20-13)15(22)19-11-3-1-2-4-11/h5-9,11,16H,1-4H2,(H,19,22)(H,20,21).